The van der Waals surface area contributed by atoms with Crippen LogP contribution >= 0.6 is 0 Å². The second-order valence-corrected chi connectivity index (χ2v) is 6.44. The number of likely N-dealkylation sites (tertiary alicyclic amines) is 1. The van der Waals surface area contributed by atoms with Crippen LogP contribution in [0.5, 0.6) is 0 Å². The third kappa shape index (κ3) is 2.89. The highest BCUT2D eigenvalue weighted by Gasteiger charge is 2.34. The molecule has 0 radical (unpaired) electrons. The molecule has 0 aromatic heterocycles. The largest absolute Gasteiger partial charge is 0.374 e. The fourth-order valence-corrected chi connectivity index (χ4v) is 4.12. The molecule has 3 aliphatic rings. The van der Waals surface area contributed by atoms with Gasteiger partial charge in [0.1, 0.15) is 0 Å². The Morgan fingerprint density at radius 3 is 2.67 bits per heavy atom. The fourth-order valence-electron chi connectivity index (χ4n) is 4.12. The lowest BCUT2D eigenvalue weighted by molar-refractivity contribution is 0.0212. The number of rotatable bonds is 3. The van der Waals surface area contributed by atoms with Gasteiger partial charge in [-0.1, -0.05) is 0 Å². The van der Waals surface area contributed by atoms with Gasteiger partial charge in [0.2, 0.25) is 0 Å². The van der Waals surface area contributed by atoms with E-state index < -0.39 is 0 Å². The lowest BCUT2D eigenvalue weighted by Gasteiger charge is -2.35. The van der Waals surface area contributed by atoms with E-state index in [1.54, 1.807) is 0 Å². The van der Waals surface area contributed by atoms with Gasteiger partial charge in [0.25, 0.3) is 0 Å². The van der Waals surface area contributed by atoms with Gasteiger partial charge in [0.05, 0.1) is 12.2 Å². The first-order chi connectivity index (χ1) is 8.83. The summed E-state index contributed by atoms with van der Waals surface area (Å²) in [7, 11) is 0. The van der Waals surface area contributed by atoms with E-state index in [1.165, 1.54) is 64.7 Å². The van der Waals surface area contributed by atoms with Crippen LogP contribution in [0.1, 0.15) is 45.4 Å². The molecule has 0 aliphatic carbocycles. The van der Waals surface area contributed by atoms with Crippen molar-refractivity contribution < 1.29 is 4.74 Å². The normalized spacial score (nSPS) is 39.5. The van der Waals surface area contributed by atoms with Gasteiger partial charge in [0, 0.05) is 12.6 Å². The third-order valence-corrected chi connectivity index (χ3v) is 5.10. The first-order valence-corrected chi connectivity index (χ1v) is 7.93. The van der Waals surface area contributed by atoms with Crippen LogP contribution in [0, 0.1) is 5.92 Å². The van der Waals surface area contributed by atoms with Gasteiger partial charge in [-0.05, 0) is 71.0 Å². The number of hydrogen-bond acceptors (Lipinski definition) is 3. The maximum atomic E-state index is 6.00. The molecule has 3 aliphatic heterocycles. The smallest absolute Gasteiger partial charge is 0.0706 e. The summed E-state index contributed by atoms with van der Waals surface area (Å²) in [5, 5.41) is 3.49. The van der Waals surface area contributed by atoms with Crippen molar-refractivity contribution in [1.82, 2.24) is 10.2 Å². The van der Waals surface area contributed by atoms with Crippen molar-refractivity contribution in [1.29, 1.82) is 0 Å². The van der Waals surface area contributed by atoms with Gasteiger partial charge < -0.3 is 10.1 Å². The van der Waals surface area contributed by atoms with E-state index >= 15 is 0 Å². The fraction of sp³-hybridized carbons (Fsp3) is 1.00. The summed E-state index contributed by atoms with van der Waals surface area (Å²) in [6.07, 6.45) is 9.13. The minimum absolute atomic E-state index is 0.495. The summed E-state index contributed by atoms with van der Waals surface area (Å²) >= 11 is 0. The van der Waals surface area contributed by atoms with Gasteiger partial charge >= 0.3 is 0 Å². The molecule has 3 saturated heterocycles. The number of nitrogens with zero attached hydrogens (tertiary/aromatic N) is 1. The highest BCUT2D eigenvalue weighted by atomic mass is 16.5. The maximum absolute atomic E-state index is 6.00. The van der Waals surface area contributed by atoms with Gasteiger partial charge in [-0.25, -0.2) is 0 Å². The van der Waals surface area contributed by atoms with Gasteiger partial charge in [-0.3, -0.25) is 4.90 Å². The predicted molar refractivity (Wildman–Crippen MR) is 73.8 cm³/mol. The van der Waals surface area contributed by atoms with E-state index in [-0.39, 0.29) is 0 Å². The van der Waals surface area contributed by atoms with Crippen molar-refractivity contribution >= 4 is 0 Å². The van der Waals surface area contributed by atoms with E-state index in [9.17, 15) is 0 Å². The predicted octanol–water partition coefficient (Wildman–Crippen LogP) is 2.02. The molecule has 3 rings (SSSR count). The Morgan fingerprint density at radius 1 is 1.11 bits per heavy atom. The van der Waals surface area contributed by atoms with Gasteiger partial charge in [-0.2, -0.15) is 0 Å². The Hall–Kier alpha value is -0.120. The molecule has 3 atom stereocenters. The summed E-state index contributed by atoms with van der Waals surface area (Å²) in [5.41, 5.74) is 0. The van der Waals surface area contributed by atoms with E-state index in [1.807, 2.05) is 0 Å². The quantitative estimate of drug-likeness (QED) is 0.831. The average molecular weight is 252 g/mol. The first-order valence-electron chi connectivity index (χ1n) is 7.93. The van der Waals surface area contributed by atoms with Crippen molar-refractivity contribution in [3.63, 3.8) is 0 Å². The van der Waals surface area contributed by atoms with E-state index in [2.05, 4.69) is 17.1 Å². The van der Waals surface area contributed by atoms with E-state index in [0.29, 0.717) is 12.2 Å². The van der Waals surface area contributed by atoms with Crippen LogP contribution in [0.25, 0.3) is 0 Å². The molecule has 0 bridgehead atoms. The molecule has 3 unspecified atom stereocenters. The van der Waals surface area contributed by atoms with Crippen molar-refractivity contribution in [3.8, 4) is 0 Å². The zero-order chi connectivity index (χ0) is 12.4. The molecule has 3 nitrogen and oxygen atoms in total. The Bertz CT molecular complexity index is 265. The maximum Gasteiger partial charge on any atom is 0.0706 e. The standard InChI is InChI=1S/C15H28N2O/c1-12-4-5-14(18-12)11-17-10-2-3-15(17)13-6-8-16-9-7-13/h12-16H,2-11H2,1H3. The molecule has 0 aromatic carbocycles. The molecule has 104 valence electrons. The lowest BCUT2D eigenvalue weighted by atomic mass is 9.88. The SMILES string of the molecule is CC1CCC(CN2CCCC2C2CCNCC2)O1. The van der Waals surface area contributed by atoms with Gasteiger partial charge in [-0.15, -0.1) is 0 Å². The third-order valence-electron chi connectivity index (χ3n) is 5.10. The zero-order valence-corrected chi connectivity index (χ0v) is 11.7. The van der Waals surface area contributed by atoms with Gasteiger partial charge in [0.15, 0.2) is 0 Å². The molecule has 0 saturated carbocycles. The average Bonchev–Trinajstić information content (AvgIpc) is 3.00. The zero-order valence-electron chi connectivity index (χ0n) is 11.7. The van der Waals surface area contributed by atoms with Crippen LogP contribution in [-0.4, -0.2) is 49.3 Å². The summed E-state index contributed by atoms with van der Waals surface area (Å²) < 4.78 is 6.00. The molecule has 3 heterocycles. The first kappa shape index (κ1) is 12.9. The molecule has 0 spiro atoms. The van der Waals surface area contributed by atoms with Crippen LogP contribution in [0.4, 0.5) is 0 Å². The van der Waals surface area contributed by atoms with Crippen molar-refractivity contribution in [2.45, 2.75) is 63.7 Å². The summed E-state index contributed by atoms with van der Waals surface area (Å²) in [6.45, 7) is 7.17. The molecule has 0 amide bonds. The van der Waals surface area contributed by atoms with Crippen molar-refractivity contribution in [2.24, 2.45) is 5.92 Å². The Kier molecular flexibility index (Phi) is 4.22. The van der Waals surface area contributed by atoms with Crippen molar-refractivity contribution in [3.05, 3.63) is 0 Å². The highest BCUT2D eigenvalue weighted by Crippen LogP contribution is 2.31. The molecule has 18 heavy (non-hydrogen) atoms. The second kappa shape index (κ2) is 5.89. The summed E-state index contributed by atoms with van der Waals surface area (Å²) in [6, 6.07) is 0.853. The Morgan fingerprint density at radius 2 is 1.94 bits per heavy atom. The molecule has 3 heteroatoms. The molecule has 0 aromatic rings. The number of ether oxygens (including phenoxy) is 1. The van der Waals surface area contributed by atoms with Crippen LogP contribution in [0.15, 0.2) is 0 Å². The van der Waals surface area contributed by atoms with Crippen LogP contribution in [0.2, 0.25) is 0 Å². The van der Waals surface area contributed by atoms with E-state index in [0.717, 1.165) is 12.0 Å². The highest BCUT2D eigenvalue weighted by molar-refractivity contribution is 4.89. The molecular weight excluding hydrogens is 224 g/mol. The second-order valence-electron chi connectivity index (χ2n) is 6.44. The number of nitrogens with one attached hydrogen (secondary N) is 1. The minimum atomic E-state index is 0.495. The Balaban J connectivity index is 1.53. The van der Waals surface area contributed by atoms with E-state index in [4.69, 9.17) is 4.74 Å². The lowest BCUT2D eigenvalue weighted by Crippen LogP contribution is -2.43. The monoisotopic (exact) mass is 252 g/mol. The molecule has 3 fully saturated rings. The number of piperidine rings is 1. The Labute approximate surface area is 111 Å². The molecule has 1 N–H and O–H groups in total. The minimum Gasteiger partial charge on any atom is -0.374 e. The van der Waals surface area contributed by atoms with Crippen LogP contribution < -0.4 is 5.32 Å². The van der Waals surface area contributed by atoms with Crippen LogP contribution in [-0.2, 0) is 4.74 Å². The van der Waals surface area contributed by atoms with Crippen molar-refractivity contribution in [2.75, 3.05) is 26.2 Å². The summed E-state index contributed by atoms with van der Waals surface area (Å²) in [5.74, 6) is 0.938. The number of hydrogen-bond donors (Lipinski definition) is 1. The molecular formula is C15H28N2O. The summed E-state index contributed by atoms with van der Waals surface area (Å²) in [4.78, 5) is 2.75. The topological polar surface area (TPSA) is 24.5 Å². The van der Waals surface area contributed by atoms with Crippen LogP contribution in [0.3, 0.4) is 0 Å².